The van der Waals surface area contributed by atoms with Crippen LogP contribution in [0.5, 0.6) is 11.5 Å². The highest BCUT2D eigenvalue weighted by Gasteiger charge is 2.13. The van der Waals surface area contributed by atoms with Gasteiger partial charge in [0.15, 0.2) is 11.5 Å². The molecule has 29 heavy (non-hydrogen) atoms. The number of rotatable bonds is 7. The summed E-state index contributed by atoms with van der Waals surface area (Å²) in [6, 6.07) is 8.68. The molecule has 0 spiro atoms. The summed E-state index contributed by atoms with van der Waals surface area (Å²) in [7, 11) is 3.14. The largest absolute Gasteiger partial charge is 0.493 e. The molecule has 1 aromatic heterocycles. The lowest BCUT2D eigenvalue weighted by atomic mass is 10.0. The van der Waals surface area contributed by atoms with Gasteiger partial charge in [-0.15, -0.1) is 0 Å². The van der Waals surface area contributed by atoms with E-state index in [4.69, 9.17) is 9.47 Å². The number of hydrogen-bond acceptors (Lipinski definition) is 3. The van der Waals surface area contributed by atoms with E-state index in [0.29, 0.717) is 30.0 Å². The minimum Gasteiger partial charge on any atom is -0.493 e. The van der Waals surface area contributed by atoms with Gasteiger partial charge in [-0.05, 0) is 61.2 Å². The zero-order valence-corrected chi connectivity index (χ0v) is 17.1. The van der Waals surface area contributed by atoms with Gasteiger partial charge in [-0.3, -0.25) is 4.79 Å². The van der Waals surface area contributed by atoms with Crippen LogP contribution in [-0.4, -0.2) is 31.7 Å². The fourth-order valence-electron chi connectivity index (χ4n) is 3.45. The Morgan fingerprint density at radius 2 is 1.90 bits per heavy atom. The quantitative estimate of drug-likeness (QED) is 0.585. The highest BCUT2D eigenvalue weighted by molar-refractivity contribution is 5.92. The molecule has 1 amide bonds. The maximum absolute atomic E-state index is 14.0. The lowest BCUT2D eigenvalue weighted by Gasteiger charge is -2.07. The normalized spacial score (nSPS) is 11.2. The van der Waals surface area contributed by atoms with Gasteiger partial charge in [-0.1, -0.05) is 12.1 Å². The number of aryl methyl sites for hydroxylation is 2. The van der Waals surface area contributed by atoms with Gasteiger partial charge in [-0.2, -0.15) is 0 Å². The van der Waals surface area contributed by atoms with Crippen LogP contribution in [0.1, 0.15) is 22.4 Å². The second-order valence-electron chi connectivity index (χ2n) is 6.83. The molecule has 0 bridgehead atoms. The molecule has 2 aromatic carbocycles. The number of carbonyl (C=O) groups excluding carboxylic acids is 1. The topological polar surface area (TPSA) is 63.3 Å². The number of benzene rings is 2. The van der Waals surface area contributed by atoms with Gasteiger partial charge in [-0.25, -0.2) is 4.39 Å². The molecular formula is C23H25FN2O3. The van der Waals surface area contributed by atoms with E-state index in [1.165, 1.54) is 12.1 Å². The summed E-state index contributed by atoms with van der Waals surface area (Å²) < 4.78 is 24.5. The molecule has 5 nitrogen and oxygen atoms in total. The molecule has 152 valence electrons. The van der Waals surface area contributed by atoms with Crippen LogP contribution in [-0.2, 0) is 11.2 Å². The van der Waals surface area contributed by atoms with E-state index in [-0.39, 0.29) is 11.7 Å². The number of amides is 1. The summed E-state index contributed by atoms with van der Waals surface area (Å²) in [6.45, 7) is 4.34. The van der Waals surface area contributed by atoms with Crippen molar-refractivity contribution in [3.05, 3.63) is 64.6 Å². The monoisotopic (exact) mass is 396 g/mol. The fraction of sp³-hybridized carbons (Fsp3) is 0.261. The third-order valence-corrected chi connectivity index (χ3v) is 4.94. The SMILES string of the molecule is COc1ccc(C=CC(=O)NCCc2c(C)[nH]c3c(F)ccc(C)c23)cc1OC. The predicted molar refractivity (Wildman–Crippen MR) is 113 cm³/mol. The number of hydrogen-bond donors (Lipinski definition) is 2. The summed E-state index contributed by atoms with van der Waals surface area (Å²) in [4.78, 5) is 15.3. The predicted octanol–water partition coefficient (Wildman–Crippen LogP) is 4.31. The molecular weight excluding hydrogens is 371 g/mol. The fourth-order valence-corrected chi connectivity index (χ4v) is 3.45. The summed E-state index contributed by atoms with van der Waals surface area (Å²) >= 11 is 0. The molecule has 0 radical (unpaired) electrons. The van der Waals surface area contributed by atoms with Crippen LogP contribution in [0.2, 0.25) is 0 Å². The van der Waals surface area contributed by atoms with Crippen molar-refractivity contribution in [1.82, 2.24) is 10.3 Å². The molecule has 3 rings (SSSR count). The van der Waals surface area contributed by atoms with Crippen LogP contribution in [0, 0.1) is 19.7 Å². The number of fused-ring (bicyclic) bond motifs is 1. The van der Waals surface area contributed by atoms with Crippen LogP contribution >= 0.6 is 0 Å². The maximum atomic E-state index is 14.0. The minimum atomic E-state index is -0.262. The van der Waals surface area contributed by atoms with Crippen LogP contribution < -0.4 is 14.8 Å². The van der Waals surface area contributed by atoms with E-state index < -0.39 is 0 Å². The molecule has 0 aliphatic heterocycles. The number of H-pyrrole nitrogens is 1. The third-order valence-electron chi connectivity index (χ3n) is 4.94. The average molecular weight is 396 g/mol. The zero-order valence-electron chi connectivity index (χ0n) is 17.1. The Bertz CT molecular complexity index is 1070. The minimum absolute atomic E-state index is 0.194. The van der Waals surface area contributed by atoms with Crippen molar-refractivity contribution in [1.29, 1.82) is 0 Å². The van der Waals surface area contributed by atoms with Gasteiger partial charge in [0, 0.05) is 23.7 Å². The summed E-state index contributed by atoms with van der Waals surface area (Å²) in [5, 5.41) is 3.78. The van der Waals surface area contributed by atoms with Crippen molar-refractivity contribution in [2.45, 2.75) is 20.3 Å². The van der Waals surface area contributed by atoms with E-state index >= 15 is 0 Å². The molecule has 0 fully saturated rings. The van der Waals surface area contributed by atoms with E-state index in [2.05, 4.69) is 10.3 Å². The highest BCUT2D eigenvalue weighted by atomic mass is 19.1. The van der Waals surface area contributed by atoms with Gasteiger partial charge in [0.25, 0.3) is 0 Å². The van der Waals surface area contributed by atoms with Crippen molar-refractivity contribution in [2.24, 2.45) is 0 Å². The molecule has 0 aliphatic carbocycles. The van der Waals surface area contributed by atoms with Gasteiger partial charge < -0.3 is 19.8 Å². The number of aromatic nitrogens is 1. The van der Waals surface area contributed by atoms with Crippen molar-refractivity contribution < 1.29 is 18.7 Å². The molecule has 6 heteroatoms. The lowest BCUT2D eigenvalue weighted by Crippen LogP contribution is -2.23. The Morgan fingerprint density at radius 3 is 2.62 bits per heavy atom. The number of halogens is 1. The van der Waals surface area contributed by atoms with Gasteiger partial charge >= 0.3 is 0 Å². The zero-order chi connectivity index (χ0) is 21.0. The van der Waals surface area contributed by atoms with E-state index in [1.54, 1.807) is 38.5 Å². The second kappa shape index (κ2) is 8.82. The summed E-state index contributed by atoms with van der Waals surface area (Å²) in [6.07, 6.45) is 3.81. The summed E-state index contributed by atoms with van der Waals surface area (Å²) in [5.74, 6) is 0.782. The summed E-state index contributed by atoms with van der Waals surface area (Å²) in [5.41, 5.74) is 4.32. The Labute approximate surface area is 169 Å². The lowest BCUT2D eigenvalue weighted by molar-refractivity contribution is -0.116. The van der Waals surface area contributed by atoms with Crippen LogP contribution in [0.25, 0.3) is 17.0 Å². The van der Waals surface area contributed by atoms with Gasteiger partial charge in [0.05, 0.1) is 19.7 Å². The Morgan fingerprint density at radius 1 is 1.14 bits per heavy atom. The molecule has 3 aromatic rings. The van der Waals surface area contributed by atoms with Gasteiger partial charge in [0.1, 0.15) is 5.82 Å². The van der Waals surface area contributed by atoms with E-state index in [0.717, 1.165) is 27.8 Å². The molecule has 0 unspecified atom stereocenters. The van der Waals surface area contributed by atoms with Crippen LogP contribution in [0.15, 0.2) is 36.4 Å². The van der Waals surface area contributed by atoms with Crippen LogP contribution in [0.3, 0.4) is 0 Å². The standard InChI is InChI=1S/C23H25FN2O3/c1-14-5-8-18(24)23-22(14)17(15(2)26-23)11-12-25-21(27)10-7-16-6-9-19(28-3)20(13-16)29-4/h5-10,13,26H,11-12H2,1-4H3,(H,25,27). The first-order valence-corrected chi connectivity index (χ1v) is 9.38. The average Bonchev–Trinajstić information content (AvgIpc) is 3.06. The third kappa shape index (κ3) is 4.42. The Balaban J connectivity index is 1.64. The number of ether oxygens (including phenoxy) is 2. The van der Waals surface area contributed by atoms with Crippen molar-refractivity contribution in [3.8, 4) is 11.5 Å². The Hall–Kier alpha value is -3.28. The molecule has 0 saturated carbocycles. The number of carbonyl (C=O) groups is 1. The number of nitrogens with one attached hydrogen (secondary N) is 2. The molecule has 0 aliphatic rings. The first-order chi connectivity index (χ1) is 13.9. The molecule has 2 N–H and O–H groups in total. The van der Waals surface area contributed by atoms with E-state index in [9.17, 15) is 9.18 Å². The molecule has 1 heterocycles. The van der Waals surface area contributed by atoms with E-state index in [1.807, 2.05) is 19.9 Å². The number of aromatic amines is 1. The number of methoxy groups -OCH3 is 2. The first-order valence-electron chi connectivity index (χ1n) is 9.38. The first kappa shape index (κ1) is 20.5. The highest BCUT2D eigenvalue weighted by Crippen LogP contribution is 2.28. The van der Waals surface area contributed by atoms with Crippen molar-refractivity contribution >= 4 is 22.9 Å². The smallest absolute Gasteiger partial charge is 0.244 e. The van der Waals surface area contributed by atoms with Crippen molar-refractivity contribution in [2.75, 3.05) is 20.8 Å². The van der Waals surface area contributed by atoms with Gasteiger partial charge in [0.2, 0.25) is 5.91 Å². The molecule has 0 saturated heterocycles. The molecule has 0 atom stereocenters. The second-order valence-corrected chi connectivity index (χ2v) is 6.83. The van der Waals surface area contributed by atoms with Crippen LogP contribution in [0.4, 0.5) is 4.39 Å². The Kier molecular flexibility index (Phi) is 6.22. The van der Waals surface area contributed by atoms with Crippen molar-refractivity contribution in [3.63, 3.8) is 0 Å². The maximum Gasteiger partial charge on any atom is 0.244 e.